The van der Waals surface area contributed by atoms with Gasteiger partial charge >= 0.3 is 0 Å². The molecule has 3 aromatic rings. The number of amides is 1. The van der Waals surface area contributed by atoms with Gasteiger partial charge in [0.2, 0.25) is 5.91 Å². The lowest BCUT2D eigenvalue weighted by atomic mass is 10.1. The van der Waals surface area contributed by atoms with Crippen LogP contribution in [0.4, 0.5) is 11.4 Å². The van der Waals surface area contributed by atoms with E-state index in [-0.39, 0.29) is 17.3 Å². The number of hydrogen-bond acceptors (Lipinski definition) is 6. The summed E-state index contributed by atoms with van der Waals surface area (Å²) in [6.45, 7) is 1.89. The van der Waals surface area contributed by atoms with E-state index in [1.807, 2.05) is 13.0 Å². The molecule has 0 radical (unpaired) electrons. The summed E-state index contributed by atoms with van der Waals surface area (Å²) in [4.78, 5) is 22.5. The molecule has 0 fully saturated rings. The molecular weight excluding hydrogens is 400 g/mol. The van der Waals surface area contributed by atoms with Crippen molar-refractivity contribution in [3.05, 3.63) is 75.3 Å². The first-order valence-corrected chi connectivity index (χ1v) is 9.56. The average Bonchev–Trinajstić information content (AvgIpc) is 2.70. The molecule has 2 aromatic carbocycles. The Hall–Kier alpha value is -2.97. The summed E-state index contributed by atoms with van der Waals surface area (Å²) in [7, 11) is 0. The second-order valence-electron chi connectivity index (χ2n) is 5.87. The number of hydrogen-bond donors (Lipinski definition) is 1. The minimum absolute atomic E-state index is 0.00867. The maximum absolute atomic E-state index is 12.1. The number of nitro groups is 1. The molecule has 1 heterocycles. The summed E-state index contributed by atoms with van der Waals surface area (Å²) >= 11 is 7.29. The van der Waals surface area contributed by atoms with Gasteiger partial charge in [-0.05, 0) is 36.8 Å². The van der Waals surface area contributed by atoms with Crippen LogP contribution in [-0.4, -0.2) is 26.8 Å². The number of rotatable bonds is 6. The molecule has 1 amide bonds. The first kappa shape index (κ1) is 19.8. The van der Waals surface area contributed by atoms with Gasteiger partial charge in [0.1, 0.15) is 5.03 Å². The summed E-state index contributed by atoms with van der Waals surface area (Å²) in [5, 5.41) is 23.0. The van der Waals surface area contributed by atoms with Crippen LogP contribution in [-0.2, 0) is 4.79 Å². The van der Waals surface area contributed by atoms with Crippen molar-refractivity contribution in [2.24, 2.45) is 0 Å². The third kappa shape index (κ3) is 5.05. The number of carbonyl (C=O) groups excluding carboxylic acids is 1. The predicted molar refractivity (Wildman–Crippen MR) is 110 cm³/mol. The molecule has 0 saturated heterocycles. The number of anilines is 1. The van der Waals surface area contributed by atoms with Gasteiger partial charge in [-0.25, -0.2) is 0 Å². The molecule has 0 atom stereocenters. The van der Waals surface area contributed by atoms with E-state index in [1.54, 1.807) is 36.4 Å². The van der Waals surface area contributed by atoms with Gasteiger partial charge in [-0.15, -0.1) is 10.2 Å². The highest BCUT2D eigenvalue weighted by Crippen LogP contribution is 2.24. The fourth-order valence-corrected chi connectivity index (χ4v) is 3.13. The normalized spacial score (nSPS) is 10.5. The van der Waals surface area contributed by atoms with Crippen LogP contribution in [0.2, 0.25) is 5.02 Å². The molecule has 142 valence electrons. The molecule has 0 spiro atoms. The van der Waals surface area contributed by atoms with E-state index in [1.165, 1.54) is 23.9 Å². The van der Waals surface area contributed by atoms with Gasteiger partial charge in [0.25, 0.3) is 5.69 Å². The van der Waals surface area contributed by atoms with Crippen LogP contribution in [0.5, 0.6) is 0 Å². The summed E-state index contributed by atoms with van der Waals surface area (Å²) in [6, 6.07) is 14.9. The lowest BCUT2D eigenvalue weighted by molar-refractivity contribution is -0.384. The van der Waals surface area contributed by atoms with Gasteiger partial charge in [-0.3, -0.25) is 14.9 Å². The Balaban J connectivity index is 1.59. The molecule has 1 aromatic heterocycles. The Morgan fingerprint density at radius 3 is 2.68 bits per heavy atom. The van der Waals surface area contributed by atoms with Crippen molar-refractivity contribution in [1.82, 2.24) is 10.2 Å². The molecule has 0 unspecified atom stereocenters. The van der Waals surface area contributed by atoms with Crippen LogP contribution in [0.25, 0.3) is 11.3 Å². The van der Waals surface area contributed by atoms with Crippen molar-refractivity contribution in [3.63, 3.8) is 0 Å². The van der Waals surface area contributed by atoms with Gasteiger partial charge in [0.05, 0.1) is 16.4 Å². The molecule has 28 heavy (non-hydrogen) atoms. The van der Waals surface area contributed by atoms with Crippen LogP contribution in [0.15, 0.2) is 59.6 Å². The van der Waals surface area contributed by atoms with E-state index in [0.717, 1.165) is 5.56 Å². The Labute approximate surface area is 170 Å². The number of benzene rings is 2. The van der Waals surface area contributed by atoms with Crippen LogP contribution in [0, 0.1) is 17.0 Å². The second kappa shape index (κ2) is 8.81. The number of aromatic nitrogens is 2. The molecule has 0 aliphatic carbocycles. The predicted octanol–water partition coefficient (Wildman–Crippen LogP) is 4.74. The molecule has 0 aliphatic heterocycles. The van der Waals surface area contributed by atoms with Gasteiger partial charge in [-0.1, -0.05) is 41.6 Å². The molecule has 0 bridgehead atoms. The highest BCUT2D eigenvalue weighted by molar-refractivity contribution is 7.99. The fourth-order valence-electron chi connectivity index (χ4n) is 2.34. The van der Waals surface area contributed by atoms with Crippen LogP contribution in [0.1, 0.15) is 5.56 Å². The maximum atomic E-state index is 12.1. The Kier molecular flexibility index (Phi) is 6.23. The van der Waals surface area contributed by atoms with Gasteiger partial charge < -0.3 is 5.32 Å². The van der Waals surface area contributed by atoms with Crippen LogP contribution in [0.3, 0.4) is 0 Å². The lowest BCUT2D eigenvalue weighted by Gasteiger charge is -2.07. The number of nitrogens with one attached hydrogen (secondary N) is 1. The van der Waals surface area contributed by atoms with Gasteiger partial charge in [-0.2, -0.15) is 0 Å². The first-order chi connectivity index (χ1) is 13.4. The number of non-ortho nitro benzene ring substituents is 1. The molecule has 9 heteroatoms. The van der Waals surface area contributed by atoms with Crippen molar-refractivity contribution in [2.75, 3.05) is 11.1 Å². The third-order valence-corrected chi connectivity index (χ3v) is 5.13. The van der Waals surface area contributed by atoms with Crippen molar-refractivity contribution in [3.8, 4) is 11.3 Å². The molecule has 7 nitrogen and oxygen atoms in total. The van der Waals surface area contributed by atoms with E-state index in [9.17, 15) is 14.9 Å². The largest absolute Gasteiger partial charge is 0.325 e. The van der Waals surface area contributed by atoms with E-state index < -0.39 is 4.92 Å². The number of carbonyl (C=O) groups is 1. The summed E-state index contributed by atoms with van der Waals surface area (Å²) in [6.07, 6.45) is 0. The van der Waals surface area contributed by atoms with Crippen molar-refractivity contribution in [2.45, 2.75) is 11.9 Å². The van der Waals surface area contributed by atoms with Crippen LogP contribution >= 0.6 is 23.4 Å². The third-order valence-electron chi connectivity index (χ3n) is 3.80. The topological polar surface area (TPSA) is 98.0 Å². The molecule has 0 aliphatic rings. The molecule has 0 saturated carbocycles. The molecular formula is C19H15ClN4O3S. The standard InChI is InChI=1S/C19H15ClN4O3S/c1-12-5-6-14(10-16(12)20)21-18(25)11-28-19-8-7-17(22-23-19)13-3-2-4-15(9-13)24(26)27/h2-10H,11H2,1H3,(H,21,25). The zero-order chi connectivity index (χ0) is 20.1. The van der Waals surface area contributed by atoms with E-state index in [2.05, 4.69) is 15.5 Å². The average molecular weight is 415 g/mol. The molecule has 3 rings (SSSR count). The van der Waals surface area contributed by atoms with Crippen molar-refractivity contribution < 1.29 is 9.72 Å². The van der Waals surface area contributed by atoms with Crippen LogP contribution < -0.4 is 5.32 Å². The minimum Gasteiger partial charge on any atom is -0.325 e. The number of nitro benzene ring substituents is 1. The fraction of sp³-hybridized carbons (Fsp3) is 0.105. The zero-order valence-electron chi connectivity index (χ0n) is 14.8. The Bertz CT molecular complexity index is 1030. The second-order valence-corrected chi connectivity index (χ2v) is 7.27. The first-order valence-electron chi connectivity index (χ1n) is 8.20. The van der Waals surface area contributed by atoms with E-state index >= 15 is 0 Å². The van der Waals surface area contributed by atoms with Gasteiger partial charge in [0.15, 0.2) is 0 Å². The zero-order valence-corrected chi connectivity index (χ0v) is 16.3. The molecule has 1 N–H and O–H groups in total. The van der Waals surface area contributed by atoms with E-state index in [4.69, 9.17) is 11.6 Å². The number of thioether (sulfide) groups is 1. The minimum atomic E-state index is -0.457. The van der Waals surface area contributed by atoms with Crippen molar-refractivity contribution >= 4 is 40.6 Å². The van der Waals surface area contributed by atoms with Gasteiger partial charge in [0, 0.05) is 28.4 Å². The lowest BCUT2D eigenvalue weighted by Crippen LogP contribution is -2.14. The number of nitrogens with zero attached hydrogens (tertiary/aromatic N) is 3. The highest BCUT2D eigenvalue weighted by atomic mass is 35.5. The van der Waals surface area contributed by atoms with Crippen molar-refractivity contribution in [1.29, 1.82) is 0 Å². The monoisotopic (exact) mass is 414 g/mol. The maximum Gasteiger partial charge on any atom is 0.270 e. The summed E-state index contributed by atoms with van der Waals surface area (Å²) in [5.41, 5.74) is 2.69. The highest BCUT2D eigenvalue weighted by Gasteiger charge is 2.10. The number of halogens is 1. The Morgan fingerprint density at radius 2 is 2.00 bits per heavy atom. The quantitative estimate of drug-likeness (QED) is 0.355. The summed E-state index contributed by atoms with van der Waals surface area (Å²) < 4.78 is 0. The smallest absolute Gasteiger partial charge is 0.270 e. The Morgan fingerprint density at radius 1 is 1.18 bits per heavy atom. The SMILES string of the molecule is Cc1ccc(NC(=O)CSc2ccc(-c3cccc([N+](=O)[O-])c3)nn2)cc1Cl. The van der Waals surface area contributed by atoms with E-state index in [0.29, 0.717) is 27.0 Å². The number of aryl methyl sites for hydroxylation is 1. The summed E-state index contributed by atoms with van der Waals surface area (Å²) in [5.74, 6) is -0.0226.